The fourth-order valence-electron chi connectivity index (χ4n) is 3.80. The first-order valence-electron chi connectivity index (χ1n) is 11.0. The van der Waals surface area contributed by atoms with Gasteiger partial charge in [-0.1, -0.05) is 23.7 Å². The number of aliphatic carboxylic acids is 1. The van der Waals surface area contributed by atoms with Crippen LogP contribution in [-0.4, -0.2) is 25.0 Å². The van der Waals surface area contributed by atoms with Crippen molar-refractivity contribution in [3.8, 4) is 17.2 Å². The predicted octanol–water partition coefficient (Wildman–Crippen LogP) is 1.74. The van der Waals surface area contributed by atoms with Crippen LogP contribution in [0, 0.1) is 0 Å². The Labute approximate surface area is 238 Å². The van der Waals surface area contributed by atoms with Crippen LogP contribution >= 0.6 is 11.6 Å². The second kappa shape index (κ2) is 12.2. The summed E-state index contributed by atoms with van der Waals surface area (Å²) in [5.41, 5.74) is 0.751. The summed E-state index contributed by atoms with van der Waals surface area (Å²) in [6, 6.07) is 14.1. The molecule has 4 rings (SSSR count). The van der Waals surface area contributed by atoms with Gasteiger partial charge in [-0.25, -0.2) is 0 Å². The molecule has 11 heteroatoms. The maximum absolute atomic E-state index is 12.6. The average molecular weight is 542 g/mol. The number of benzene rings is 3. The van der Waals surface area contributed by atoms with Crippen molar-refractivity contribution in [2.24, 2.45) is 0 Å². The monoisotopic (exact) mass is 541 g/mol. The van der Waals surface area contributed by atoms with E-state index in [9.17, 15) is 27.9 Å². The Hall–Kier alpha value is -2.72. The zero-order valence-electron chi connectivity index (χ0n) is 19.7. The number of amides is 1. The molecule has 1 N–H and O–H groups in total. The standard InChI is InChI=1S/C26H21ClF3NO5.Na/c27-21-13-20-19(25(33)34)10-12-35-22(20)14-23(21)36-18-7-3-16(4-8-18)24(32)31-11-9-15-1-5-17(6-2-15)26(28,29)30;/h1-8,13-14,19H,9-12H2,(H,31,32)(H,33,34);/q;+1/p-1. The SMILES string of the molecule is O=C(NCCc1ccc(C(F)(F)F)cc1)c1ccc(Oc2cc3c(cc2Cl)C(C(=O)[O-])CCO3)cc1.[Na+]. The van der Waals surface area contributed by atoms with Gasteiger partial charge in [0.25, 0.3) is 5.91 Å². The molecule has 6 nitrogen and oxygen atoms in total. The molecule has 3 aromatic rings. The summed E-state index contributed by atoms with van der Waals surface area (Å²) < 4.78 is 49.3. The number of fused-ring (bicyclic) bond motifs is 1. The number of alkyl halides is 3. The van der Waals surface area contributed by atoms with Crippen molar-refractivity contribution in [3.63, 3.8) is 0 Å². The van der Waals surface area contributed by atoms with Gasteiger partial charge in [0.05, 0.1) is 17.2 Å². The zero-order chi connectivity index (χ0) is 25.9. The smallest absolute Gasteiger partial charge is 0.549 e. The van der Waals surface area contributed by atoms with Crippen molar-refractivity contribution in [3.05, 3.63) is 87.9 Å². The van der Waals surface area contributed by atoms with E-state index in [0.717, 1.165) is 12.1 Å². The molecule has 37 heavy (non-hydrogen) atoms. The molecule has 0 saturated carbocycles. The van der Waals surface area contributed by atoms with Gasteiger partial charge in [0.1, 0.15) is 17.2 Å². The van der Waals surface area contributed by atoms with Crippen LogP contribution in [0.2, 0.25) is 5.02 Å². The molecular weight excluding hydrogens is 522 g/mol. The van der Waals surface area contributed by atoms with Crippen LogP contribution in [0.1, 0.15) is 39.4 Å². The quantitative estimate of drug-likeness (QED) is 0.461. The molecule has 0 spiro atoms. The molecule has 1 aliphatic heterocycles. The minimum Gasteiger partial charge on any atom is -0.549 e. The Morgan fingerprint density at radius 3 is 2.38 bits per heavy atom. The first kappa shape index (κ1) is 28.8. The first-order chi connectivity index (χ1) is 17.1. The summed E-state index contributed by atoms with van der Waals surface area (Å²) in [5.74, 6) is -1.33. The number of hydrogen-bond acceptors (Lipinski definition) is 5. The van der Waals surface area contributed by atoms with Crippen molar-refractivity contribution in [1.29, 1.82) is 0 Å². The molecule has 0 saturated heterocycles. The van der Waals surface area contributed by atoms with E-state index in [2.05, 4.69) is 5.32 Å². The van der Waals surface area contributed by atoms with E-state index in [1.807, 2.05) is 0 Å². The molecule has 1 aliphatic rings. The van der Waals surface area contributed by atoms with Crippen molar-refractivity contribution in [2.75, 3.05) is 13.2 Å². The third-order valence-electron chi connectivity index (χ3n) is 5.71. The second-order valence-corrected chi connectivity index (χ2v) is 8.56. The fraction of sp³-hybridized carbons (Fsp3) is 0.231. The summed E-state index contributed by atoms with van der Waals surface area (Å²) in [5, 5.41) is 14.3. The van der Waals surface area contributed by atoms with Gasteiger partial charge in [-0.05, 0) is 60.9 Å². The van der Waals surface area contributed by atoms with E-state index in [4.69, 9.17) is 21.1 Å². The Bertz CT molecular complexity index is 1270. The molecule has 1 heterocycles. The van der Waals surface area contributed by atoms with Crippen LogP contribution in [0.5, 0.6) is 17.2 Å². The van der Waals surface area contributed by atoms with E-state index >= 15 is 0 Å². The number of carbonyl (C=O) groups excluding carboxylic acids is 2. The topological polar surface area (TPSA) is 87.7 Å². The van der Waals surface area contributed by atoms with Gasteiger partial charge in [0.15, 0.2) is 0 Å². The fourth-order valence-corrected chi connectivity index (χ4v) is 4.01. The van der Waals surface area contributed by atoms with Crippen LogP contribution in [0.3, 0.4) is 0 Å². The van der Waals surface area contributed by atoms with Crippen LogP contribution in [-0.2, 0) is 17.4 Å². The van der Waals surface area contributed by atoms with E-state index in [1.165, 1.54) is 24.3 Å². The summed E-state index contributed by atoms with van der Waals surface area (Å²) in [7, 11) is 0. The first-order valence-corrected chi connectivity index (χ1v) is 11.4. The van der Waals surface area contributed by atoms with Crippen LogP contribution < -0.4 is 49.5 Å². The van der Waals surface area contributed by atoms with Crippen molar-refractivity contribution >= 4 is 23.5 Å². The summed E-state index contributed by atoms with van der Waals surface area (Å²) in [4.78, 5) is 23.8. The zero-order valence-corrected chi connectivity index (χ0v) is 22.5. The number of carboxylic acids is 1. The van der Waals surface area contributed by atoms with Gasteiger partial charge in [-0.3, -0.25) is 4.79 Å². The van der Waals surface area contributed by atoms with E-state index in [1.54, 1.807) is 24.3 Å². The minimum absolute atomic E-state index is 0. The maximum Gasteiger partial charge on any atom is 1.00 e. The molecule has 1 unspecified atom stereocenters. The number of hydrogen-bond donors (Lipinski definition) is 1. The van der Waals surface area contributed by atoms with E-state index < -0.39 is 23.6 Å². The number of halogens is 4. The van der Waals surface area contributed by atoms with E-state index in [-0.39, 0.29) is 59.4 Å². The molecule has 0 aromatic heterocycles. The molecule has 0 aliphatic carbocycles. The molecule has 1 atom stereocenters. The average Bonchev–Trinajstić information content (AvgIpc) is 2.84. The molecular formula is C26H20ClF3NNaO5. The molecule has 188 valence electrons. The minimum atomic E-state index is -4.39. The maximum atomic E-state index is 12.6. The molecule has 0 bridgehead atoms. The third kappa shape index (κ3) is 7.19. The van der Waals surface area contributed by atoms with Gasteiger partial charge in [0, 0.05) is 35.6 Å². The van der Waals surface area contributed by atoms with Crippen LogP contribution in [0.4, 0.5) is 13.2 Å². The molecule has 0 radical (unpaired) electrons. The summed E-state index contributed by atoms with van der Waals surface area (Å²) >= 11 is 6.29. The molecule has 0 fully saturated rings. The number of nitrogens with one attached hydrogen (secondary N) is 1. The van der Waals surface area contributed by atoms with Gasteiger partial charge >= 0.3 is 35.7 Å². The van der Waals surface area contributed by atoms with Gasteiger partial charge < -0.3 is 24.7 Å². The van der Waals surface area contributed by atoms with Crippen molar-refractivity contribution in [1.82, 2.24) is 5.32 Å². The van der Waals surface area contributed by atoms with Crippen LogP contribution in [0.15, 0.2) is 60.7 Å². The number of carbonyl (C=O) groups is 2. The molecule has 3 aromatic carbocycles. The third-order valence-corrected chi connectivity index (χ3v) is 6.01. The van der Waals surface area contributed by atoms with Crippen molar-refractivity contribution in [2.45, 2.75) is 24.9 Å². The normalized spacial score (nSPS) is 14.5. The van der Waals surface area contributed by atoms with Crippen molar-refractivity contribution < 1.29 is 66.9 Å². The Morgan fingerprint density at radius 2 is 1.76 bits per heavy atom. The van der Waals surface area contributed by atoms with Gasteiger partial charge in [0.2, 0.25) is 0 Å². The Balaban J connectivity index is 0.00000380. The van der Waals surface area contributed by atoms with Gasteiger partial charge in [-0.2, -0.15) is 13.2 Å². The Kier molecular flexibility index (Phi) is 9.52. The van der Waals surface area contributed by atoms with Crippen LogP contribution in [0.25, 0.3) is 0 Å². The summed E-state index contributed by atoms with van der Waals surface area (Å²) in [6.45, 7) is 0.482. The summed E-state index contributed by atoms with van der Waals surface area (Å²) in [6.07, 6.45) is -3.72. The Morgan fingerprint density at radius 1 is 1.08 bits per heavy atom. The number of ether oxygens (including phenoxy) is 2. The second-order valence-electron chi connectivity index (χ2n) is 8.16. The largest absolute Gasteiger partial charge is 1.00 e. The van der Waals surface area contributed by atoms with Gasteiger partial charge in [-0.15, -0.1) is 0 Å². The van der Waals surface area contributed by atoms with E-state index in [0.29, 0.717) is 41.0 Å². The predicted molar refractivity (Wildman–Crippen MR) is 123 cm³/mol. The molecule has 1 amide bonds. The number of carboxylic acid groups (broad SMARTS) is 1. The number of rotatable bonds is 7.